The fourth-order valence-corrected chi connectivity index (χ4v) is 4.27. The molecule has 6 amide bonds. The largest absolute Gasteiger partial charge is 0.481 e. The minimum Gasteiger partial charge on any atom is -0.481 e. The zero-order valence-corrected chi connectivity index (χ0v) is 25.6. The Hall–Kier alpha value is -4.56. The Morgan fingerprint density at radius 1 is 0.804 bits per heavy atom. The van der Waals surface area contributed by atoms with Crippen LogP contribution in [0.25, 0.3) is 0 Å². The van der Waals surface area contributed by atoms with Gasteiger partial charge < -0.3 is 64.4 Å². The maximum Gasteiger partial charge on any atom is 0.303 e. The molecule has 0 saturated carbocycles. The zero-order chi connectivity index (χ0) is 34.8. The van der Waals surface area contributed by atoms with Gasteiger partial charge in [0.2, 0.25) is 35.4 Å². The van der Waals surface area contributed by atoms with Crippen LogP contribution in [0, 0.1) is 0 Å². The van der Waals surface area contributed by atoms with Crippen molar-refractivity contribution in [3.63, 3.8) is 0 Å². The van der Waals surface area contributed by atoms with Crippen molar-refractivity contribution in [2.24, 2.45) is 22.2 Å². The number of carbonyl (C=O) groups excluding carboxylic acids is 6. The maximum absolute atomic E-state index is 13.2. The summed E-state index contributed by atoms with van der Waals surface area (Å²) in [7, 11) is 0. The van der Waals surface area contributed by atoms with E-state index in [9.17, 15) is 43.8 Å². The molecule has 1 aliphatic heterocycles. The number of nitrogens with two attached hydrogens (primary N) is 3. The first kappa shape index (κ1) is 39.5. The van der Waals surface area contributed by atoms with E-state index < -0.39 is 104 Å². The van der Waals surface area contributed by atoms with Crippen LogP contribution in [0.1, 0.15) is 51.9 Å². The summed E-state index contributed by atoms with van der Waals surface area (Å²) in [5, 5.41) is 43.3. The number of nitrogens with one attached hydrogen (secondary N) is 6. The van der Waals surface area contributed by atoms with Crippen LogP contribution in [0.4, 0.5) is 0 Å². The highest BCUT2D eigenvalue weighted by Gasteiger charge is 2.34. The summed E-state index contributed by atoms with van der Waals surface area (Å²) in [6.45, 7) is -0.0554. The van der Waals surface area contributed by atoms with Gasteiger partial charge in [-0.15, -0.1) is 0 Å². The van der Waals surface area contributed by atoms with Crippen LogP contribution in [0.5, 0.6) is 0 Å². The number of hydrogen-bond donors (Lipinski definition) is 12. The molecule has 0 aromatic rings. The van der Waals surface area contributed by atoms with Crippen LogP contribution in [0.15, 0.2) is 4.99 Å². The van der Waals surface area contributed by atoms with Gasteiger partial charge in [0.05, 0.1) is 19.3 Å². The molecule has 260 valence electrons. The number of guanidine groups is 1. The molecule has 0 aromatic heterocycles. The van der Waals surface area contributed by atoms with Gasteiger partial charge >= 0.3 is 5.97 Å². The molecular formula is C26H46N10O10. The van der Waals surface area contributed by atoms with E-state index in [0.717, 1.165) is 0 Å². The molecule has 0 spiro atoms. The number of carboxylic acid groups (broad SMARTS) is 1. The van der Waals surface area contributed by atoms with E-state index in [1.165, 1.54) is 6.92 Å². The summed E-state index contributed by atoms with van der Waals surface area (Å²) in [5.41, 5.74) is 16.2. The molecule has 0 aromatic carbocycles. The lowest BCUT2D eigenvalue weighted by Gasteiger charge is -2.28. The van der Waals surface area contributed by atoms with E-state index in [0.29, 0.717) is 19.4 Å². The molecule has 0 aliphatic carbocycles. The van der Waals surface area contributed by atoms with Gasteiger partial charge in [0.15, 0.2) is 5.96 Å². The van der Waals surface area contributed by atoms with E-state index in [4.69, 9.17) is 22.3 Å². The number of carbonyl (C=O) groups is 7. The number of rotatable bonds is 13. The molecule has 6 atom stereocenters. The molecule has 0 bridgehead atoms. The third-order valence-corrected chi connectivity index (χ3v) is 6.76. The number of nitrogens with zero attached hydrogens (tertiary/aromatic N) is 1. The van der Waals surface area contributed by atoms with E-state index >= 15 is 0 Å². The summed E-state index contributed by atoms with van der Waals surface area (Å²) in [5.74, 6) is -7.13. The second-order valence-corrected chi connectivity index (χ2v) is 10.6. The second-order valence-electron chi connectivity index (χ2n) is 10.6. The van der Waals surface area contributed by atoms with Crippen LogP contribution in [-0.2, 0) is 33.6 Å². The standard InChI is InChI=1S/C26H46N10O10/c1-13(38)20-25(46)35-17(12-37)24(45)34-16(7-8-19(40)41)22(43)33-14(6-4-10-30-26(28)29)21(42)31-11-18(39)32-15(23(44)36-20)5-2-3-9-27/h13-17,20,37-38H,2-12,27H2,1H3,(H,31,42)(H,32,39)(H,33,43)(H,34,45)(H,35,46)(H,36,44)(H,40,41)(H4,28,29,30)/t13-,14+,15+,16+,17+,20+/m1/s1. The lowest BCUT2D eigenvalue weighted by Crippen LogP contribution is -2.62. The van der Waals surface area contributed by atoms with Crippen LogP contribution < -0.4 is 49.1 Å². The monoisotopic (exact) mass is 658 g/mol. The SMILES string of the molecule is C[C@@H](O)[C@@H]1NC(=O)[C@H](CCCCN)NC(=O)CNC(=O)[C@H](CCCN=C(N)N)NC(=O)[C@H](CCC(=O)O)NC(=O)[C@H](CO)NC1=O. The van der Waals surface area contributed by atoms with Gasteiger partial charge in [0.25, 0.3) is 0 Å². The maximum atomic E-state index is 13.2. The van der Waals surface area contributed by atoms with Gasteiger partial charge in [-0.1, -0.05) is 0 Å². The molecular weight excluding hydrogens is 612 g/mol. The van der Waals surface area contributed by atoms with Crippen LogP contribution in [0.3, 0.4) is 0 Å². The molecule has 1 heterocycles. The zero-order valence-electron chi connectivity index (χ0n) is 25.6. The van der Waals surface area contributed by atoms with Gasteiger partial charge in [-0.2, -0.15) is 0 Å². The van der Waals surface area contributed by atoms with Crippen molar-refractivity contribution in [2.75, 3.05) is 26.2 Å². The van der Waals surface area contributed by atoms with Crippen molar-refractivity contribution in [3.05, 3.63) is 0 Å². The average molecular weight is 659 g/mol. The molecule has 1 rings (SSSR count). The minimum absolute atomic E-state index is 0.0459. The van der Waals surface area contributed by atoms with Crippen LogP contribution in [0.2, 0.25) is 0 Å². The second kappa shape index (κ2) is 20.5. The molecule has 20 nitrogen and oxygen atoms in total. The summed E-state index contributed by atoms with van der Waals surface area (Å²) in [6.07, 6.45) is -1.42. The Morgan fingerprint density at radius 3 is 1.91 bits per heavy atom. The van der Waals surface area contributed by atoms with Gasteiger partial charge in [-0.25, -0.2) is 0 Å². The third-order valence-electron chi connectivity index (χ3n) is 6.76. The first-order valence-electron chi connectivity index (χ1n) is 14.7. The molecule has 46 heavy (non-hydrogen) atoms. The fourth-order valence-electron chi connectivity index (χ4n) is 4.27. The Morgan fingerprint density at radius 2 is 1.35 bits per heavy atom. The Balaban J connectivity index is 3.47. The van der Waals surface area contributed by atoms with E-state index in [-0.39, 0.29) is 31.8 Å². The van der Waals surface area contributed by atoms with Gasteiger partial charge in [-0.05, 0) is 52.0 Å². The molecule has 1 fully saturated rings. The predicted molar refractivity (Wildman–Crippen MR) is 161 cm³/mol. The molecule has 20 heteroatoms. The molecule has 1 saturated heterocycles. The van der Waals surface area contributed by atoms with Crippen molar-refractivity contribution >= 4 is 47.4 Å². The average Bonchev–Trinajstić information content (AvgIpc) is 2.99. The number of aliphatic hydroxyl groups is 2. The molecule has 1 aliphatic rings. The van der Waals surface area contributed by atoms with E-state index in [2.05, 4.69) is 36.9 Å². The quantitative estimate of drug-likeness (QED) is 0.0498. The summed E-state index contributed by atoms with van der Waals surface area (Å²) >= 11 is 0. The Labute approximate surface area is 265 Å². The minimum atomic E-state index is -1.71. The summed E-state index contributed by atoms with van der Waals surface area (Å²) in [6, 6.07) is -7.42. The number of aliphatic hydroxyl groups excluding tert-OH is 2. The summed E-state index contributed by atoms with van der Waals surface area (Å²) < 4.78 is 0. The fraction of sp³-hybridized carbons (Fsp3) is 0.692. The Kier molecular flexibility index (Phi) is 17.6. The lowest BCUT2D eigenvalue weighted by molar-refractivity contribution is -0.139. The van der Waals surface area contributed by atoms with Crippen LogP contribution in [-0.4, -0.2) is 125 Å². The number of aliphatic imine (C=N–C) groups is 1. The van der Waals surface area contributed by atoms with Crippen LogP contribution >= 0.6 is 0 Å². The number of aliphatic carboxylic acids is 1. The normalized spacial score (nSPS) is 24.5. The molecule has 0 radical (unpaired) electrons. The Bertz CT molecular complexity index is 1120. The molecule has 0 unspecified atom stereocenters. The smallest absolute Gasteiger partial charge is 0.303 e. The highest BCUT2D eigenvalue weighted by atomic mass is 16.4. The van der Waals surface area contributed by atoms with Crippen molar-refractivity contribution in [2.45, 2.75) is 88.2 Å². The van der Waals surface area contributed by atoms with E-state index in [1.54, 1.807) is 0 Å². The number of amides is 6. The van der Waals surface area contributed by atoms with Crippen molar-refractivity contribution in [1.29, 1.82) is 0 Å². The van der Waals surface area contributed by atoms with Gasteiger partial charge in [-0.3, -0.25) is 38.6 Å². The number of carboxylic acids is 1. The summed E-state index contributed by atoms with van der Waals surface area (Å²) in [4.78, 5) is 93.4. The van der Waals surface area contributed by atoms with Crippen molar-refractivity contribution in [3.8, 4) is 0 Å². The topological polar surface area (TPSA) is 343 Å². The number of unbranched alkanes of at least 4 members (excludes halogenated alkanes) is 1. The third kappa shape index (κ3) is 14.5. The first-order valence-corrected chi connectivity index (χ1v) is 14.7. The highest BCUT2D eigenvalue weighted by molar-refractivity contribution is 5.97. The van der Waals surface area contributed by atoms with Crippen molar-refractivity contribution in [1.82, 2.24) is 31.9 Å². The van der Waals surface area contributed by atoms with Crippen molar-refractivity contribution < 1.29 is 48.9 Å². The van der Waals surface area contributed by atoms with E-state index in [1.807, 2.05) is 0 Å². The first-order chi connectivity index (χ1) is 21.7. The van der Waals surface area contributed by atoms with Gasteiger partial charge in [0.1, 0.15) is 30.2 Å². The number of hydrogen-bond acceptors (Lipinski definition) is 11. The molecule has 15 N–H and O–H groups in total. The lowest BCUT2D eigenvalue weighted by atomic mass is 10.1. The highest BCUT2D eigenvalue weighted by Crippen LogP contribution is 2.06. The van der Waals surface area contributed by atoms with Gasteiger partial charge in [0, 0.05) is 13.0 Å². The predicted octanol–water partition coefficient (Wildman–Crippen LogP) is -6.04.